The van der Waals surface area contributed by atoms with Gasteiger partial charge in [0.05, 0.1) is 18.2 Å². The van der Waals surface area contributed by atoms with Crippen LogP contribution in [-0.4, -0.2) is 42.7 Å². The molecule has 0 aromatic heterocycles. The summed E-state index contributed by atoms with van der Waals surface area (Å²) in [6.45, 7) is 2.36. The molecule has 0 heterocycles. The Labute approximate surface area is 115 Å². The number of phenols is 1. The lowest BCUT2D eigenvalue weighted by Crippen LogP contribution is -2.37. The van der Waals surface area contributed by atoms with Crippen LogP contribution in [0.5, 0.6) is 5.75 Å². The monoisotopic (exact) mass is 349 g/mol. The van der Waals surface area contributed by atoms with Crippen LogP contribution >= 0.6 is 22.6 Å². The average molecular weight is 349 g/mol. The first-order valence-electron chi connectivity index (χ1n) is 5.22. The molecule has 0 bridgehead atoms. The van der Waals surface area contributed by atoms with Crippen molar-refractivity contribution in [1.29, 1.82) is 0 Å². The number of aromatic hydroxyl groups is 1. The minimum absolute atomic E-state index is 0.00637. The summed E-state index contributed by atoms with van der Waals surface area (Å²) in [6, 6.07) is 4.92. The van der Waals surface area contributed by atoms with E-state index in [1.165, 1.54) is 6.07 Å². The normalized spacial score (nSPS) is 12.2. The van der Waals surface area contributed by atoms with Gasteiger partial charge in [0.15, 0.2) is 0 Å². The zero-order chi connectivity index (χ0) is 13.0. The number of hydrogen-bond donors (Lipinski definition) is 1. The van der Waals surface area contributed by atoms with Crippen LogP contribution in [0.2, 0.25) is 0 Å². The van der Waals surface area contributed by atoms with E-state index >= 15 is 0 Å². The molecule has 1 unspecified atom stereocenters. The standard InChI is InChI=1S/C12H16INO3/c1-8(7-17-3)14(2)12(16)10-6-9(13)4-5-11(10)15/h4-6,8,15H,7H2,1-3H3. The Balaban J connectivity index is 2.92. The Morgan fingerprint density at radius 1 is 1.59 bits per heavy atom. The summed E-state index contributed by atoms with van der Waals surface area (Å²) in [7, 11) is 3.29. The van der Waals surface area contributed by atoms with Gasteiger partial charge in [-0.15, -0.1) is 0 Å². The van der Waals surface area contributed by atoms with Gasteiger partial charge in [0, 0.05) is 17.7 Å². The van der Waals surface area contributed by atoms with Crippen molar-refractivity contribution in [2.24, 2.45) is 0 Å². The molecular weight excluding hydrogens is 333 g/mol. The SMILES string of the molecule is COCC(C)N(C)C(=O)c1cc(I)ccc1O. The number of amides is 1. The van der Waals surface area contributed by atoms with Crippen LogP contribution in [0.1, 0.15) is 17.3 Å². The number of carbonyl (C=O) groups excluding carboxylic acids is 1. The second kappa shape index (κ2) is 6.20. The molecule has 1 amide bonds. The Bertz CT molecular complexity index is 409. The fourth-order valence-electron chi connectivity index (χ4n) is 1.42. The second-order valence-corrected chi connectivity index (χ2v) is 5.13. The molecule has 0 radical (unpaired) electrons. The number of phenolic OH excluding ortho intramolecular Hbond substituents is 1. The van der Waals surface area contributed by atoms with E-state index in [9.17, 15) is 9.90 Å². The molecule has 1 N–H and O–H groups in total. The number of halogens is 1. The van der Waals surface area contributed by atoms with E-state index in [1.807, 2.05) is 6.92 Å². The highest BCUT2D eigenvalue weighted by atomic mass is 127. The molecule has 0 fully saturated rings. The maximum atomic E-state index is 12.1. The number of methoxy groups -OCH3 is 1. The zero-order valence-electron chi connectivity index (χ0n) is 10.1. The first kappa shape index (κ1) is 14.2. The maximum absolute atomic E-state index is 12.1. The number of nitrogens with zero attached hydrogens (tertiary/aromatic N) is 1. The molecule has 0 saturated carbocycles. The van der Waals surface area contributed by atoms with Crippen LogP contribution in [0.4, 0.5) is 0 Å². The molecule has 1 atom stereocenters. The number of ether oxygens (including phenoxy) is 1. The van der Waals surface area contributed by atoms with Gasteiger partial charge in [0.2, 0.25) is 0 Å². The molecule has 94 valence electrons. The Hall–Kier alpha value is -0.820. The van der Waals surface area contributed by atoms with Crippen molar-refractivity contribution < 1.29 is 14.6 Å². The molecule has 1 aromatic carbocycles. The molecule has 0 aliphatic carbocycles. The van der Waals surface area contributed by atoms with Gasteiger partial charge in [0.25, 0.3) is 5.91 Å². The van der Waals surface area contributed by atoms with Crippen LogP contribution in [-0.2, 0) is 4.74 Å². The van der Waals surface area contributed by atoms with E-state index in [1.54, 1.807) is 31.2 Å². The summed E-state index contributed by atoms with van der Waals surface area (Å²) in [5, 5.41) is 9.68. The molecule has 17 heavy (non-hydrogen) atoms. The van der Waals surface area contributed by atoms with Crippen LogP contribution < -0.4 is 0 Å². The van der Waals surface area contributed by atoms with Crippen LogP contribution in [0, 0.1) is 3.57 Å². The van der Waals surface area contributed by atoms with E-state index in [2.05, 4.69) is 22.6 Å². The lowest BCUT2D eigenvalue weighted by Gasteiger charge is -2.24. The highest BCUT2D eigenvalue weighted by Crippen LogP contribution is 2.21. The van der Waals surface area contributed by atoms with Gasteiger partial charge >= 0.3 is 0 Å². The van der Waals surface area contributed by atoms with Crippen molar-refractivity contribution in [3.63, 3.8) is 0 Å². The second-order valence-electron chi connectivity index (χ2n) is 3.88. The number of hydrogen-bond acceptors (Lipinski definition) is 3. The third-order valence-electron chi connectivity index (χ3n) is 2.58. The minimum atomic E-state index is -0.203. The molecule has 4 nitrogen and oxygen atoms in total. The summed E-state index contributed by atoms with van der Waals surface area (Å²) in [5.74, 6) is -0.197. The number of rotatable bonds is 4. The molecule has 0 aliphatic rings. The summed E-state index contributed by atoms with van der Waals surface area (Å²) < 4.78 is 5.92. The Morgan fingerprint density at radius 2 is 2.24 bits per heavy atom. The third-order valence-corrected chi connectivity index (χ3v) is 3.25. The predicted octanol–water partition coefficient (Wildman–Crippen LogP) is 2.10. The van der Waals surface area contributed by atoms with Crippen LogP contribution in [0.15, 0.2) is 18.2 Å². The van der Waals surface area contributed by atoms with E-state index in [0.29, 0.717) is 12.2 Å². The van der Waals surface area contributed by atoms with Gasteiger partial charge in [-0.05, 0) is 47.7 Å². The molecule has 0 saturated heterocycles. The van der Waals surface area contributed by atoms with Crippen molar-refractivity contribution in [3.05, 3.63) is 27.3 Å². The number of carbonyl (C=O) groups is 1. The highest BCUT2D eigenvalue weighted by molar-refractivity contribution is 14.1. The molecule has 5 heteroatoms. The number of likely N-dealkylation sites (N-methyl/N-ethyl adjacent to an activating group) is 1. The summed E-state index contributed by atoms with van der Waals surface area (Å²) in [6.07, 6.45) is 0. The van der Waals surface area contributed by atoms with Crippen LogP contribution in [0.25, 0.3) is 0 Å². The third kappa shape index (κ3) is 3.57. The van der Waals surface area contributed by atoms with E-state index in [-0.39, 0.29) is 17.7 Å². The maximum Gasteiger partial charge on any atom is 0.257 e. The van der Waals surface area contributed by atoms with Crippen molar-refractivity contribution in [2.45, 2.75) is 13.0 Å². The highest BCUT2D eigenvalue weighted by Gasteiger charge is 2.20. The van der Waals surface area contributed by atoms with Gasteiger partial charge in [-0.25, -0.2) is 0 Å². The van der Waals surface area contributed by atoms with Crippen molar-refractivity contribution in [1.82, 2.24) is 4.90 Å². The first-order valence-corrected chi connectivity index (χ1v) is 6.30. The van der Waals surface area contributed by atoms with E-state index < -0.39 is 0 Å². The van der Waals surface area contributed by atoms with Crippen molar-refractivity contribution in [3.8, 4) is 5.75 Å². The smallest absolute Gasteiger partial charge is 0.257 e. The zero-order valence-corrected chi connectivity index (χ0v) is 12.3. The lowest BCUT2D eigenvalue weighted by molar-refractivity contribution is 0.0630. The Kier molecular flexibility index (Phi) is 5.20. The number of benzene rings is 1. The van der Waals surface area contributed by atoms with Crippen LogP contribution in [0.3, 0.4) is 0 Å². The first-order chi connectivity index (χ1) is 7.97. The van der Waals surface area contributed by atoms with Gasteiger partial charge in [-0.2, -0.15) is 0 Å². The van der Waals surface area contributed by atoms with Crippen molar-refractivity contribution >= 4 is 28.5 Å². The predicted molar refractivity (Wildman–Crippen MR) is 74.3 cm³/mol. The molecule has 1 aromatic rings. The fraction of sp³-hybridized carbons (Fsp3) is 0.417. The minimum Gasteiger partial charge on any atom is -0.507 e. The summed E-state index contributed by atoms with van der Waals surface area (Å²) in [5.41, 5.74) is 0.322. The van der Waals surface area contributed by atoms with Gasteiger partial charge in [0.1, 0.15) is 5.75 Å². The molecule has 0 spiro atoms. The Morgan fingerprint density at radius 3 is 2.82 bits per heavy atom. The van der Waals surface area contributed by atoms with E-state index in [4.69, 9.17) is 4.74 Å². The van der Waals surface area contributed by atoms with E-state index in [0.717, 1.165) is 3.57 Å². The van der Waals surface area contributed by atoms with Crippen molar-refractivity contribution in [2.75, 3.05) is 20.8 Å². The summed E-state index contributed by atoms with van der Waals surface area (Å²) >= 11 is 2.11. The van der Waals surface area contributed by atoms with Gasteiger partial charge in [-0.1, -0.05) is 0 Å². The van der Waals surface area contributed by atoms with Gasteiger partial charge in [-0.3, -0.25) is 4.79 Å². The van der Waals surface area contributed by atoms with Gasteiger partial charge < -0.3 is 14.7 Å². The quantitative estimate of drug-likeness (QED) is 0.847. The molecule has 1 rings (SSSR count). The topological polar surface area (TPSA) is 49.8 Å². The lowest BCUT2D eigenvalue weighted by atomic mass is 10.1. The average Bonchev–Trinajstić information content (AvgIpc) is 2.30. The fourth-order valence-corrected chi connectivity index (χ4v) is 1.91. The molecule has 0 aliphatic heterocycles. The largest absolute Gasteiger partial charge is 0.507 e. The molecular formula is C12H16INO3. The summed E-state index contributed by atoms with van der Waals surface area (Å²) in [4.78, 5) is 13.7.